The lowest BCUT2D eigenvalue weighted by Crippen LogP contribution is -2.12. The molecule has 0 amide bonds. The quantitative estimate of drug-likeness (QED) is 0.689. The minimum absolute atomic E-state index is 0.163. The lowest BCUT2D eigenvalue weighted by atomic mass is 10.1. The maximum Gasteiger partial charge on any atom is 0.268 e. The monoisotopic (exact) mass is 371 g/mol. The van der Waals surface area contributed by atoms with Gasteiger partial charge in [0.1, 0.15) is 0 Å². The van der Waals surface area contributed by atoms with E-state index >= 15 is 0 Å². The normalized spacial score (nSPS) is 15.7. The van der Waals surface area contributed by atoms with Crippen LogP contribution < -0.4 is 0 Å². The van der Waals surface area contributed by atoms with E-state index < -0.39 is 10.0 Å². The van der Waals surface area contributed by atoms with Gasteiger partial charge in [-0.3, -0.25) is 0 Å². The summed E-state index contributed by atoms with van der Waals surface area (Å²) in [7, 11) is -3.62. The van der Waals surface area contributed by atoms with Gasteiger partial charge in [-0.1, -0.05) is 29.8 Å². The molecule has 0 saturated carbocycles. The van der Waals surface area contributed by atoms with Crippen molar-refractivity contribution in [1.82, 2.24) is 3.97 Å². The first kappa shape index (κ1) is 17.3. The van der Waals surface area contributed by atoms with Crippen LogP contribution in [0.3, 0.4) is 0 Å². The van der Waals surface area contributed by atoms with Crippen molar-refractivity contribution in [3.8, 4) is 0 Å². The first-order valence-corrected chi connectivity index (χ1v) is 10.1. The van der Waals surface area contributed by atoms with E-state index in [2.05, 4.69) is 0 Å². The van der Waals surface area contributed by atoms with Gasteiger partial charge in [0.15, 0.2) is 6.29 Å². The van der Waals surface area contributed by atoms with Crippen LogP contribution in [0.5, 0.6) is 0 Å². The second kappa shape index (κ2) is 6.87. The molecule has 3 aromatic rings. The second-order valence-electron chi connectivity index (χ2n) is 6.49. The van der Waals surface area contributed by atoms with Crippen LogP contribution in [0.2, 0.25) is 0 Å². The number of fused-ring (bicyclic) bond motifs is 1. The number of nitrogens with zero attached hydrogens (tertiary/aromatic N) is 1. The maximum absolute atomic E-state index is 13.0. The molecule has 0 aliphatic carbocycles. The molecular weight excluding hydrogens is 350 g/mol. The van der Waals surface area contributed by atoms with Gasteiger partial charge in [-0.25, -0.2) is 12.4 Å². The second-order valence-corrected chi connectivity index (χ2v) is 8.30. The van der Waals surface area contributed by atoms with E-state index in [1.165, 1.54) is 3.97 Å². The summed E-state index contributed by atoms with van der Waals surface area (Å²) in [5.41, 5.74) is 2.82. The molecule has 0 bridgehead atoms. The minimum Gasteiger partial charge on any atom is -0.350 e. The van der Waals surface area contributed by atoms with Crippen LogP contribution in [-0.4, -0.2) is 31.9 Å². The van der Waals surface area contributed by atoms with Gasteiger partial charge in [0.25, 0.3) is 10.0 Å². The van der Waals surface area contributed by atoms with Gasteiger partial charge in [0.2, 0.25) is 0 Å². The van der Waals surface area contributed by atoms with Crippen LogP contribution in [0.4, 0.5) is 0 Å². The third-order valence-electron chi connectivity index (χ3n) is 4.71. The minimum atomic E-state index is -3.62. The average molecular weight is 371 g/mol. The van der Waals surface area contributed by atoms with E-state index in [1.54, 1.807) is 18.3 Å². The van der Waals surface area contributed by atoms with Crippen molar-refractivity contribution in [2.24, 2.45) is 0 Å². The van der Waals surface area contributed by atoms with Crippen LogP contribution in [0.25, 0.3) is 10.9 Å². The molecule has 4 rings (SSSR count). The predicted octanol–water partition coefficient (Wildman–Crippen LogP) is 3.49. The number of aromatic nitrogens is 1. The molecule has 5 nitrogen and oxygen atoms in total. The Morgan fingerprint density at radius 1 is 1.04 bits per heavy atom. The Bertz CT molecular complexity index is 1020. The highest BCUT2D eigenvalue weighted by Gasteiger charge is 2.20. The first-order chi connectivity index (χ1) is 12.6. The predicted molar refractivity (Wildman–Crippen MR) is 99.7 cm³/mol. The Morgan fingerprint density at radius 3 is 2.50 bits per heavy atom. The van der Waals surface area contributed by atoms with E-state index in [-0.39, 0.29) is 6.29 Å². The average Bonchev–Trinajstić information content (AvgIpc) is 3.30. The number of hydrogen-bond acceptors (Lipinski definition) is 4. The molecule has 0 unspecified atom stereocenters. The smallest absolute Gasteiger partial charge is 0.268 e. The topological polar surface area (TPSA) is 57.5 Å². The standard InChI is InChI=1S/C20H21NO4S/c1-15-5-8-17(9-6-15)26(22,23)21-12-11-18-16(3-2-4-19(18)21)7-10-20-24-13-14-25-20/h2-6,8-9,11-12,20H,7,10,13-14H2,1H3. The summed E-state index contributed by atoms with van der Waals surface area (Å²) in [4.78, 5) is 0.291. The number of ether oxygens (including phenoxy) is 2. The summed E-state index contributed by atoms with van der Waals surface area (Å²) in [5.74, 6) is 0. The lowest BCUT2D eigenvalue weighted by molar-refractivity contribution is -0.0461. The number of hydrogen-bond donors (Lipinski definition) is 0. The molecule has 6 heteroatoms. The van der Waals surface area contributed by atoms with Gasteiger partial charge in [-0.2, -0.15) is 0 Å². The molecule has 26 heavy (non-hydrogen) atoms. The fraction of sp³-hybridized carbons (Fsp3) is 0.300. The third kappa shape index (κ3) is 3.16. The third-order valence-corrected chi connectivity index (χ3v) is 6.41. The molecule has 2 aromatic carbocycles. The Balaban J connectivity index is 1.68. The van der Waals surface area contributed by atoms with E-state index in [0.29, 0.717) is 23.6 Å². The molecule has 1 aromatic heterocycles. The molecule has 0 spiro atoms. The van der Waals surface area contributed by atoms with Gasteiger partial charge >= 0.3 is 0 Å². The molecular formula is C20H21NO4S. The molecule has 1 aliphatic heterocycles. The van der Waals surface area contributed by atoms with Gasteiger partial charge in [0, 0.05) is 18.0 Å². The first-order valence-electron chi connectivity index (χ1n) is 8.70. The van der Waals surface area contributed by atoms with Gasteiger partial charge in [-0.05, 0) is 43.2 Å². The number of aryl methyl sites for hydroxylation is 2. The summed E-state index contributed by atoms with van der Waals surface area (Å²) >= 11 is 0. The highest BCUT2D eigenvalue weighted by atomic mass is 32.2. The van der Waals surface area contributed by atoms with Crippen LogP contribution in [0, 0.1) is 6.92 Å². The van der Waals surface area contributed by atoms with Crippen LogP contribution in [0.15, 0.2) is 59.6 Å². The van der Waals surface area contributed by atoms with Crippen molar-refractivity contribution in [2.75, 3.05) is 13.2 Å². The lowest BCUT2D eigenvalue weighted by Gasteiger charge is -2.11. The Kier molecular flexibility index (Phi) is 4.56. The number of benzene rings is 2. The molecule has 1 saturated heterocycles. The fourth-order valence-corrected chi connectivity index (χ4v) is 4.65. The van der Waals surface area contributed by atoms with Gasteiger partial charge in [-0.15, -0.1) is 0 Å². The Morgan fingerprint density at radius 2 is 1.77 bits per heavy atom. The largest absolute Gasteiger partial charge is 0.350 e. The van der Waals surface area contributed by atoms with Crippen molar-refractivity contribution >= 4 is 20.9 Å². The molecule has 1 fully saturated rings. The van der Waals surface area contributed by atoms with Crippen molar-refractivity contribution in [3.63, 3.8) is 0 Å². The molecule has 0 N–H and O–H groups in total. The molecule has 1 aliphatic rings. The highest BCUT2D eigenvalue weighted by Crippen LogP contribution is 2.26. The molecule has 0 atom stereocenters. The highest BCUT2D eigenvalue weighted by molar-refractivity contribution is 7.90. The van der Waals surface area contributed by atoms with Crippen LogP contribution >= 0.6 is 0 Å². The van der Waals surface area contributed by atoms with E-state index in [1.807, 2.05) is 43.3 Å². The summed E-state index contributed by atoms with van der Waals surface area (Å²) in [6.07, 6.45) is 3.00. The van der Waals surface area contributed by atoms with Crippen LogP contribution in [-0.2, 0) is 25.9 Å². The van der Waals surface area contributed by atoms with Crippen molar-refractivity contribution in [2.45, 2.75) is 31.0 Å². The SMILES string of the molecule is Cc1ccc(S(=O)(=O)n2ccc3c(CCC4OCCO4)cccc32)cc1. The number of rotatable bonds is 5. The summed E-state index contributed by atoms with van der Waals surface area (Å²) < 4.78 is 38.4. The maximum atomic E-state index is 13.0. The van der Waals surface area contributed by atoms with Crippen molar-refractivity contribution < 1.29 is 17.9 Å². The zero-order valence-corrected chi connectivity index (χ0v) is 15.4. The summed E-state index contributed by atoms with van der Waals surface area (Å²) in [5, 5.41) is 0.946. The Hall–Kier alpha value is -2.15. The van der Waals surface area contributed by atoms with Crippen molar-refractivity contribution in [3.05, 3.63) is 65.9 Å². The zero-order chi connectivity index (χ0) is 18.1. The van der Waals surface area contributed by atoms with Gasteiger partial charge < -0.3 is 9.47 Å². The molecule has 0 radical (unpaired) electrons. The fourth-order valence-electron chi connectivity index (χ4n) is 3.31. The summed E-state index contributed by atoms with van der Waals surface area (Å²) in [6.45, 7) is 3.21. The van der Waals surface area contributed by atoms with Gasteiger partial charge in [0.05, 0.1) is 23.6 Å². The Labute approximate surface area is 153 Å². The molecule has 2 heterocycles. The summed E-state index contributed by atoms with van der Waals surface area (Å²) in [6, 6.07) is 14.6. The van der Waals surface area contributed by atoms with E-state index in [0.717, 1.165) is 29.4 Å². The molecule has 136 valence electrons. The van der Waals surface area contributed by atoms with E-state index in [9.17, 15) is 8.42 Å². The van der Waals surface area contributed by atoms with Crippen molar-refractivity contribution in [1.29, 1.82) is 0 Å². The van der Waals surface area contributed by atoms with Crippen LogP contribution in [0.1, 0.15) is 17.5 Å². The zero-order valence-electron chi connectivity index (χ0n) is 14.6. The van der Waals surface area contributed by atoms with E-state index in [4.69, 9.17) is 9.47 Å².